The molecule has 2 unspecified atom stereocenters. The average Bonchev–Trinajstić information content (AvgIpc) is 3.12. The molecule has 2 atom stereocenters. The highest BCUT2D eigenvalue weighted by molar-refractivity contribution is 6.42. The second-order valence-electron chi connectivity index (χ2n) is 8.94. The maximum Gasteiger partial charge on any atom is 0.410 e. The largest absolute Gasteiger partial charge is 0.444 e. The summed E-state index contributed by atoms with van der Waals surface area (Å²) in [6.07, 6.45) is 1.39. The van der Waals surface area contributed by atoms with Crippen molar-refractivity contribution in [1.29, 1.82) is 0 Å². The van der Waals surface area contributed by atoms with E-state index in [9.17, 15) is 4.79 Å². The SMILES string of the molecule is Cc1cc(C23CN(C(=O)OC(C)(C)C)CCC2(c2ccc(Cl)c(Cl)c2)C3)no1. The molecule has 0 radical (unpaired) electrons. The fourth-order valence-corrected chi connectivity index (χ4v) is 4.84. The first-order chi connectivity index (χ1) is 13.1. The number of likely N-dealkylation sites (tertiary alicyclic amines) is 1. The summed E-state index contributed by atoms with van der Waals surface area (Å²) in [4.78, 5) is 14.5. The number of rotatable bonds is 2. The maximum atomic E-state index is 12.7. The summed E-state index contributed by atoms with van der Waals surface area (Å²) in [7, 11) is 0. The molecule has 28 heavy (non-hydrogen) atoms. The van der Waals surface area contributed by atoms with Gasteiger partial charge in [-0.15, -0.1) is 0 Å². The molecule has 2 aromatic rings. The van der Waals surface area contributed by atoms with Crippen molar-refractivity contribution in [1.82, 2.24) is 10.1 Å². The van der Waals surface area contributed by atoms with Crippen LogP contribution in [0.5, 0.6) is 0 Å². The van der Waals surface area contributed by atoms with E-state index in [4.69, 9.17) is 32.5 Å². The fraction of sp³-hybridized carbons (Fsp3) is 0.524. The number of piperidine rings is 1. The van der Waals surface area contributed by atoms with Crippen molar-refractivity contribution in [2.24, 2.45) is 0 Å². The molecule has 5 nitrogen and oxygen atoms in total. The number of hydrogen-bond acceptors (Lipinski definition) is 4. The third kappa shape index (κ3) is 3.09. The van der Waals surface area contributed by atoms with Crippen molar-refractivity contribution >= 4 is 29.3 Å². The zero-order valence-corrected chi connectivity index (χ0v) is 18.0. The number of carbonyl (C=O) groups is 1. The van der Waals surface area contributed by atoms with Crippen LogP contribution in [0.2, 0.25) is 10.0 Å². The molecular weight excluding hydrogens is 399 g/mol. The molecule has 1 amide bonds. The van der Waals surface area contributed by atoms with Gasteiger partial charge in [-0.1, -0.05) is 34.4 Å². The smallest absolute Gasteiger partial charge is 0.410 e. The van der Waals surface area contributed by atoms with Crippen LogP contribution in [0.25, 0.3) is 0 Å². The van der Waals surface area contributed by atoms with Crippen LogP contribution in [0.15, 0.2) is 28.8 Å². The third-order valence-electron chi connectivity index (χ3n) is 5.91. The van der Waals surface area contributed by atoms with Gasteiger partial charge in [-0.3, -0.25) is 0 Å². The van der Waals surface area contributed by atoms with Crippen LogP contribution in [0, 0.1) is 6.92 Å². The minimum absolute atomic E-state index is 0.136. The Morgan fingerprint density at radius 2 is 1.96 bits per heavy atom. The molecule has 0 N–H and O–H groups in total. The van der Waals surface area contributed by atoms with Gasteiger partial charge >= 0.3 is 6.09 Å². The van der Waals surface area contributed by atoms with Gasteiger partial charge in [-0.2, -0.15) is 0 Å². The number of halogens is 2. The van der Waals surface area contributed by atoms with Crippen LogP contribution in [-0.2, 0) is 15.6 Å². The van der Waals surface area contributed by atoms with Crippen LogP contribution < -0.4 is 0 Å². The lowest BCUT2D eigenvalue weighted by molar-refractivity contribution is 0.0178. The van der Waals surface area contributed by atoms with Crippen LogP contribution in [0.4, 0.5) is 4.79 Å². The van der Waals surface area contributed by atoms with Crippen molar-refractivity contribution in [3.63, 3.8) is 0 Å². The Kier molecular flexibility index (Phi) is 4.47. The number of amides is 1. The number of ether oxygens (including phenoxy) is 1. The fourth-order valence-electron chi connectivity index (χ4n) is 4.54. The molecule has 0 spiro atoms. The lowest BCUT2D eigenvalue weighted by Gasteiger charge is -2.38. The van der Waals surface area contributed by atoms with Gasteiger partial charge in [0.15, 0.2) is 0 Å². The Bertz CT molecular complexity index is 936. The monoisotopic (exact) mass is 422 g/mol. The number of nitrogens with zero attached hydrogens (tertiary/aromatic N) is 2. The first-order valence-electron chi connectivity index (χ1n) is 9.44. The van der Waals surface area contributed by atoms with Crippen molar-refractivity contribution in [2.45, 2.75) is 57.0 Å². The zero-order valence-electron chi connectivity index (χ0n) is 16.5. The van der Waals surface area contributed by atoms with E-state index in [0.717, 1.165) is 29.9 Å². The number of hydrogen-bond donors (Lipinski definition) is 0. The topological polar surface area (TPSA) is 55.6 Å². The van der Waals surface area contributed by atoms with Crippen LogP contribution >= 0.6 is 23.2 Å². The number of aromatic nitrogens is 1. The Labute approximate surface area is 174 Å². The Balaban J connectivity index is 1.70. The highest BCUT2D eigenvalue weighted by Gasteiger charge is 2.72. The molecule has 4 rings (SSSR count). The van der Waals surface area contributed by atoms with E-state index in [-0.39, 0.29) is 16.9 Å². The molecule has 150 valence electrons. The molecule has 2 fully saturated rings. The summed E-state index contributed by atoms with van der Waals surface area (Å²) in [5, 5.41) is 5.40. The molecule has 7 heteroatoms. The molecule has 1 saturated carbocycles. The van der Waals surface area contributed by atoms with Crippen molar-refractivity contribution in [2.75, 3.05) is 13.1 Å². The lowest BCUT2D eigenvalue weighted by atomic mass is 9.78. The first-order valence-corrected chi connectivity index (χ1v) is 10.2. The van der Waals surface area contributed by atoms with Gasteiger partial charge in [0.25, 0.3) is 0 Å². The van der Waals surface area contributed by atoms with Crippen LogP contribution in [0.1, 0.15) is 50.6 Å². The van der Waals surface area contributed by atoms with Crippen molar-refractivity contribution < 1.29 is 14.1 Å². The lowest BCUT2D eigenvalue weighted by Crippen LogP contribution is -2.48. The van der Waals surface area contributed by atoms with Crippen molar-refractivity contribution in [3.8, 4) is 0 Å². The maximum absolute atomic E-state index is 12.7. The van der Waals surface area contributed by atoms with E-state index < -0.39 is 5.60 Å². The molecule has 1 aliphatic carbocycles. The number of aryl methyl sites for hydroxylation is 1. The summed E-state index contributed by atoms with van der Waals surface area (Å²) in [5.74, 6) is 0.758. The predicted octanol–water partition coefficient (Wildman–Crippen LogP) is 5.51. The molecule has 2 heterocycles. The third-order valence-corrected chi connectivity index (χ3v) is 6.65. The quantitative estimate of drug-likeness (QED) is 0.639. The van der Waals surface area contributed by atoms with Crippen LogP contribution in [-0.4, -0.2) is 34.8 Å². The van der Waals surface area contributed by atoms with Crippen molar-refractivity contribution in [3.05, 3.63) is 51.3 Å². The summed E-state index contributed by atoms with van der Waals surface area (Å²) in [5.41, 5.74) is 1.03. The molecule has 0 bridgehead atoms. The standard InChI is InChI=1S/C21H24Cl2N2O3/c1-13-9-17(24-28-13)21-11-20(21,14-5-6-15(22)16(23)10-14)7-8-25(12-21)18(26)27-19(2,3)4/h5-6,9-10H,7-8,11-12H2,1-4H3. The number of benzene rings is 1. The Morgan fingerprint density at radius 1 is 1.21 bits per heavy atom. The zero-order chi connectivity index (χ0) is 20.3. The van der Waals surface area contributed by atoms with E-state index in [1.165, 1.54) is 0 Å². The second-order valence-corrected chi connectivity index (χ2v) is 9.76. The molecule has 1 aliphatic heterocycles. The highest BCUT2D eigenvalue weighted by atomic mass is 35.5. The van der Waals surface area contributed by atoms with Gasteiger partial charge in [0.2, 0.25) is 0 Å². The van der Waals surface area contributed by atoms with Crippen LogP contribution in [0.3, 0.4) is 0 Å². The summed E-state index contributed by atoms with van der Waals surface area (Å²) in [6.45, 7) is 8.67. The van der Waals surface area contributed by atoms with E-state index in [1.54, 1.807) is 4.90 Å². The molecule has 1 saturated heterocycles. The van der Waals surface area contributed by atoms with Gasteiger partial charge < -0.3 is 14.2 Å². The van der Waals surface area contributed by atoms with Gasteiger partial charge in [-0.05, 0) is 58.2 Å². The molecular formula is C21H24Cl2N2O3. The van der Waals surface area contributed by atoms with Gasteiger partial charge in [-0.25, -0.2) is 4.79 Å². The van der Waals surface area contributed by atoms with E-state index >= 15 is 0 Å². The second kappa shape index (κ2) is 6.39. The number of fused-ring (bicyclic) bond motifs is 1. The Hall–Kier alpha value is -1.72. The summed E-state index contributed by atoms with van der Waals surface area (Å²) in [6, 6.07) is 7.79. The van der Waals surface area contributed by atoms with Gasteiger partial charge in [0.1, 0.15) is 11.4 Å². The average molecular weight is 423 g/mol. The normalized spacial score (nSPS) is 26.7. The number of carbonyl (C=O) groups excluding carboxylic acids is 1. The molecule has 1 aromatic heterocycles. The van der Waals surface area contributed by atoms with Gasteiger partial charge in [0.05, 0.1) is 15.7 Å². The molecule has 2 aliphatic rings. The highest BCUT2D eigenvalue weighted by Crippen LogP contribution is 2.69. The summed E-state index contributed by atoms with van der Waals surface area (Å²) < 4.78 is 11.0. The Morgan fingerprint density at radius 3 is 2.57 bits per heavy atom. The summed E-state index contributed by atoms with van der Waals surface area (Å²) >= 11 is 12.4. The predicted molar refractivity (Wildman–Crippen MR) is 108 cm³/mol. The minimum atomic E-state index is -0.531. The van der Waals surface area contributed by atoms with E-state index in [1.807, 2.05) is 52.0 Å². The van der Waals surface area contributed by atoms with E-state index in [0.29, 0.717) is 23.1 Å². The first kappa shape index (κ1) is 19.6. The van der Waals surface area contributed by atoms with E-state index in [2.05, 4.69) is 5.16 Å². The van der Waals surface area contributed by atoms with Gasteiger partial charge in [0, 0.05) is 30.0 Å². The minimum Gasteiger partial charge on any atom is -0.444 e. The molecule has 1 aromatic carbocycles.